The van der Waals surface area contributed by atoms with Crippen molar-refractivity contribution in [2.75, 3.05) is 0 Å². The minimum absolute atomic E-state index is 0. The average molecular weight is 1240 g/mol. The van der Waals surface area contributed by atoms with Crippen LogP contribution in [0.3, 0.4) is 0 Å². The van der Waals surface area contributed by atoms with Gasteiger partial charge in [-0.05, 0) is 151 Å². The van der Waals surface area contributed by atoms with E-state index in [0.29, 0.717) is 0 Å². The predicted octanol–water partition coefficient (Wildman–Crippen LogP) is 20.7. The fraction of sp³-hybridized carbons (Fsp3) is 0.267. The molecule has 3 heterocycles. The van der Waals surface area contributed by atoms with Gasteiger partial charge in [0, 0.05) is 48.5 Å². The third kappa shape index (κ3) is 10.8. The molecule has 0 bridgehead atoms. The van der Waals surface area contributed by atoms with Gasteiger partial charge < -0.3 is 8.98 Å². The number of fused-ring (bicyclic) bond motifs is 7. The van der Waals surface area contributed by atoms with Crippen molar-refractivity contribution in [1.82, 2.24) is 19.5 Å². The molecule has 6 heteroatoms. The fourth-order valence-corrected chi connectivity index (χ4v) is 11.6. The van der Waals surface area contributed by atoms with Crippen LogP contribution in [-0.2, 0) is 36.4 Å². The molecule has 0 aliphatic rings. The van der Waals surface area contributed by atoms with Crippen LogP contribution in [0.4, 0.5) is 0 Å². The fourth-order valence-electron chi connectivity index (χ4n) is 11.6. The number of benzene rings is 9. The quantitative estimate of drug-likeness (QED) is 0.118. The Morgan fingerprint density at radius 3 is 1.84 bits per heavy atom. The molecule has 0 spiro atoms. The van der Waals surface area contributed by atoms with Crippen LogP contribution in [0.25, 0.3) is 105 Å². The number of furan rings is 1. The van der Waals surface area contributed by atoms with E-state index in [-0.39, 0.29) is 48.2 Å². The van der Waals surface area contributed by atoms with Crippen molar-refractivity contribution in [3.05, 3.63) is 215 Å². The Labute approximate surface area is 493 Å². The Kier molecular flexibility index (Phi) is 15.3. The SMILES string of the molecule is CC(C)(C)c1ccnc(-c2[c-]cccc2)n1.Cc1cc(C(C)(C)C)cc(C)c1-c1ccc(-c2cc(C(C)C)c(-n3c(-c4[c-]cc(C(C)(C)C)c5c4oc4cc6c(ccc7ccccc76)cc45)nc4ccccc43)c(C(C)C)c2)cc1.[Ir]. The molecular formula is C75H74IrN4O-2. The van der Waals surface area contributed by atoms with E-state index in [4.69, 9.17) is 9.40 Å². The van der Waals surface area contributed by atoms with Crippen LogP contribution in [-0.4, -0.2) is 19.5 Å². The van der Waals surface area contributed by atoms with Crippen LogP contribution < -0.4 is 0 Å². The second-order valence-corrected chi connectivity index (χ2v) is 25.7. The molecule has 0 aliphatic heterocycles. The van der Waals surface area contributed by atoms with Crippen LogP contribution in [0, 0.1) is 26.0 Å². The molecule has 0 saturated carbocycles. The van der Waals surface area contributed by atoms with Crippen molar-refractivity contribution in [1.29, 1.82) is 0 Å². The van der Waals surface area contributed by atoms with Crippen molar-refractivity contribution in [3.8, 4) is 50.7 Å². The molecule has 12 rings (SSSR count). The van der Waals surface area contributed by atoms with Crippen LogP contribution in [0.5, 0.6) is 0 Å². The molecule has 0 saturated heterocycles. The molecule has 9 aromatic carbocycles. The number of para-hydroxylation sites is 2. The summed E-state index contributed by atoms with van der Waals surface area (Å²) in [6.07, 6.45) is 1.81. The van der Waals surface area contributed by atoms with E-state index in [1.165, 1.54) is 82.9 Å². The molecule has 0 unspecified atom stereocenters. The number of hydrogen-bond donors (Lipinski definition) is 0. The first-order chi connectivity index (χ1) is 38.0. The monoisotopic (exact) mass is 1240 g/mol. The zero-order valence-electron chi connectivity index (χ0n) is 49.8. The Morgan fingerprint density at radius 1 is 0.556 bits per heavy atom. The van der Waals surface area contributed by atoms with Crippen molar-refractivity contribution >= 4 is 54.5 Å². The number of rotatable bonds is 7. The first-order valence-electron chi connectivity index (χ1n) is 28.5. The molecule has 411 valence electrons. The number of aromatic nitrogens is 4. The summed E-state index contributed by atoms with van der Waals surface area (Å²) in [7, 11) is 0. The maximum atomic E-state index is 7.14. The molecule has 3 aromatic heterocycles. The third-order valence-corrected chi connectivity index (χ3v) is 15.9. The van der Waals surface area contributed by atoms with E-state index < -0.39 is 0 Å². The Balaban J connectivity index is 0.000000373. The van der Waals surface area contributed by atoms with Gasteiger partial charge in [0.05, 0.1) is 28.3 Å². The van der Waals surface area contributed by atoms with Gasteiger partial charge >= 0.3 is 0 Å². The summed E-state index contributed by atoms with van der Waals surface area (Å²) >= 11 is 0. The van der Waals surface area contributed by atoms with Gasteiger partial charge in [0.15, 0.2) is 0 Å². The minimum Gasteiger partial charge on any atom is -0.501 e. The number of nitrogens with zero attached hydrogens (tertiary/aromatic N) is 4. The second kappa shape index (κ2) is 21.8. The normalized spacial score (nSPS) is 12.3. The van der Waals surface area contributed by atoms with Gasteiger partial charge in [-0.2, -0.15) is 0 Å². The first-order valence-corrected chi connectivity index (χ1v) is 28.5. The smallest absolute Gasteiger partial charge is 0.121 e. The van der Waals surface area contributed by atoms with Crippen molar-refractivity contribution < 1.29 is 24.5 Å². The molecule has 81 heavy (non-hydrogen) atoms. The number of aryl methyl sites for hydroxylation is 2. The van der Waals surface area contributed by atoms with E-state index in [1.807, 2.05) is 36.5 Å². The summed E-state index contributed by atoms with van der Waals surface area (Å²) in [5.74, 6) is 2.04. The molecule has 5 nitrogen and oxygen atoms in total. The Hall–Kier alpha value is -7.50. The Morgan fingerprint density at radius 2 is 1.20 bits per heavy atom. The minimum atomic E-state index is -0.152. The average Bonchev–Trinajstić information content (AvgIpc) is 4.25. The van der Waals surface area contributed by atoms with E-state index in [0.717, 1.165) is 61.4 Å². The van der Waals surface area contributed by atoms with Gasteiger partial charge in [0.2, 0.25) is 0 Å². The molecule has 0 fully saturated rings. The van der Waals surface area contributed by atoms with Gasteiger partial charge in [-0.3, -0.25) is 15.0 Å². The standard InChI is InChI=1S/C61H59N2O.C14H15N2.Ir/c1-35(2)47-32-43(39-21-24-41(25-22-39)55-37(5)29-44(30-38(55)6)60(7,8)9)33-48(36(3)4)57(47)63-53-20-16-15-19-52(53)62-59(63)46-27-28-51(61(10,11)12)56-50-31-42-26-23-40-17-13-14-18-45(40)49(42)34-54(50)64-58(46)56;1-14(2,3)12-9-10-15-13(16-12)11-7-5-4-6-8-11;/h13-26,28-36H,1-12H3;4-7,9-10H,1-3H3;/q2*-1;. The summed E-state index contributed by atoms with van der Waals surface area (Å²) < 4.78 is 9.56. The summed E-state index contributed by atoms with van der Waals surface area (Å²) in [6.45, 7) is 33.9. The maximum Gasteiger partial charge on any atom is 0.121 e. The molecule has 12 aromatic rings. The molecule has 0 amide bonds. The molecule has 1 radical (unpaired) electrons. The summed E-state index contributed by atoms with van der Waals surface area (Å²) in [5.41, 5.74) is 20.6. The van der Waals surface area contributed by atoms with Gasteiger partial charge in [-0.15, -0.1) is 53.6 Å². The van der Waals surface area contributed by atoms with Gasteiger partial charge in [0.1, 0.15) is 5.58 Å². The summed E-state index contributed by atoms with van der Waals surface area (Å²) in [5, 5.41) is 7.10. The van der Waals surface area contributed by atoms with Crippen LogP contribution >= 0.6 is 0 Å². The summed E-state index contributed by atoms with van der Waals surface area (Å²) in [4.78, 5) is 14.3. The largest absolute Gasteiger partial charge is 0.501 e. The van der Waals surface area contributed by atoms with E-state index in [2.05, 4.69) is 258 Å². The van der Waals surface area contributed by atoms with Crippen LogP contribution in [0.1, 0.15) is 141 Å². The van der Waals surface area contributed by atoms with Gasteiger partial charge in [-0.25, -0.2) is 0 Å². The number of imidazole rings is 1. The van der Waals surface area contributed by atoms with Gasteiger partial charge in [-0.1, -0.05) is 186 Å². The molecule has 0 N–H and O–H groups in total. The maximum absolute atomic E-state index is 7.14. The van der Waals surface area contributed by atoms with E-state index in [1.54, 1.807) is 0 Å². The first kappa shape index (κ1) is 56.8. The second-order valence-electron chi connectivity index (χ2n) is 25.7. The predicted molar refractivity (Wildman–Crippen MR) is 339 cm³/mol. The van der Waals surface area contributed by atoms with E-state index in [9.17, 15) is 0 Å². The molecule has 0 aliphatic carbocycles. The summed E-state index contributed by atoms with van der Waals surface area (Å²) in [6, 6.07) is 63.9. The zero-order chi connectivity index (χ0) is 56.6. The third-order valence-electron chi connectivity index (χ3n) is 15.9. The van der Waals surface area contributed by atoms with Crippen molar-refractivity contribution in [2.45, 2.75) is 132 Å². The van der Waals surface area contributed by atoms with Crippen LogP contribution in [0.2, 0.25) is 0 Å². The number of hydrogen-bond acceptors (Lipinski definition) is 4. The van der Waals surface area contributed by atoms with Crippen molar-refractivity contribution in [2.24, 2.45) is 0 Å². The molecule has 0 atom stereocenters. The van der Waals surface area contributed by atoms with Gasteiger partial charge in [0.25, 0.3) is 0 Å². The van der Waals surface area contributed by atoms with Crippen LogP contribution in [0.15, 0.2) is 168 Å². The Bertz CT molecular complexity index is 4260. The zero-order valence-corrected chi connectivity index (χ0v) is 52.2. The van der Waals surface area contributed by atoms with Crippen molar-refractivity contribution in [3.63, 3.8) is 0 Å². The topological polar surface area (TPSA) is 56.7 Å². The van der Waals surface area contributed by atoms with E-state index >= 15 is 0 Å². The molecular weight excluding hydrogens is 1170 g/mol.